The molecule has 20 heavy (non-hydrogen) atoms. The van der Waals surface area contributed by atoms with E-state index in [-0.39, 0.29) is 0 Å². The van der Waals surface area contributed by atoms with Crippen LogP contribution in [0.25, 0.3) is 10.9 Å². The van der Waals surface area contributed by atoms with Crippen molar-refractivity contribution in [3.63, 3.8) is 0 Å². The molecule has 2 aromatic rings. The van der Waals surface area contributed by atoms with Crippen LogP contribution in [0.1, 0.15) is 51.1 Å². The molecule has 1 aliphatic heterocycles. The van der Waals surface area contributed by atoms with E-state index in [1.165, 1.54) is 55.4 Å². The van der Waals surface area contributed by atoms with Crippen LogP contribution in [0.4, 0.5) is 0 Å². The minimum Gasteiger partial charge on any atom is -0.358 e. The van der Waals surface area contributed by atoms with Crippen molar-refractivity contribution in [3.05, 3.63) is 36.0 Å². The maximum Gasteiger partial charge on any atom is 0.0456 e. The van der Waals surface area contributed by atoms with Crippen molar-refractivity contribution in [3.8, 4) is 0 Å². The molecule has 1 saturated heterocycles. The Labute approximate surface area is 123 Å². The zero-order chi connectivity index (χ0) is 14.4. The Bertz CT molecular complexity index is 480. The summed E-state index contributed by atoms with van der Waals surface area (Å²) in [5, 5.41) is 1.34. The molecule has 2 nitrogen and oxygen atoms in total. The summed E-state index contributed by atoms with van der Waals surface area (Å²) in [4.78, 5) is 5.99. The second-order valence-electron chi connectivity index (χ2n) is 5.91. The molecule has 0 radical (unpaired) electrons. The Balaban J connectivity index is 0.000000328. The molecule has 0 aliphatic carbocycles. The fraction of sp³-hybridized carbons (Fsp3) is 0.556. The number of fused-ring (bicyclic) bond motifs is 1. The number of unbranched alkanes of at least 4 members (excludes halogenated alkanes) is 1. The van der Waals surface area contributed by atoms with E-state index in [1.54, 1.807) is 0 Å². The molecule has 1 aromatic carbocycles. The highest BCUT2D eigenvalue weighted by atomic mass is 15.1. The summed E-state index contributed by atoms with van der Waals surface area (Å²) in [6, 6.07) is 10.9. The number of nitrogens with zero attached hydrogens (tertiary/aromatic N) is 1. The highest BCUT2D eigenvalue weighted by molar-refractivity contribution is 5.80. The highest BCUT2D eigenvalue weighted by Crippen LogP contribution is 2.28. The molecule has 0 saturated carbocycles. The number of likely N-dealkylation sites (N-methyl/N-ethyl adjacent to an activating group) is 1. The third kappa shape index (κ3) is 3.86. The quantitative estimate of drug-likeness (QED) is 0.833. The van der Waals surface area contributed by atoms with Crippen LogP contribution in [0.2, 0.25) is 0 Å². The summed E-state index contributed by atoms with van der Waals surface area (Å²) < 4.78 is 0. The molecule has 1 unspecified atom stereocenters. The maximum atomic E-state index is 3.56. The van der Waals surface area contributed by atoms with Gasteiger partial charge in [-0.1, -0.05) is 44.9 Å². The number of H-pyrrole nitrogens is 1. The van der Waals surface area contributed by atoms with E-state index in [0.717, 1.165) is 0 Å². The molecule has 110 valence electrons. The molecule has 3 rings (SSSR count). The van der Waals surface area contributed by atoms with Crippen LogP contribution in [-0.2, 0) is 0 Å². The molecule has 1 fully saturated rings. The molecule has 0 amide bonds. The molecular formula is C18H28N2. The first kappa shape index (κ1) is 15.1. The van der Waals surface area contributed by atoms with E-state index in [2.05, 4.69) is 61.1 Å². The van der Waals surface area contributed by atoms with Gasteiger partial charge in [0.2, 0.25) is 0 Å². The molecule has 1 aliphatic rings. The van der Waals surface area contributed by atoms with Crippen molar-refractivity contribution in [1.29, 1.82) is 0 Å². The van der Waals surface area contributed by atoms with Gasteiger partial charge < -0.3 is 9.88 Å². The van der Waals surface area contributed by atoms with Crippen LogP contribution in [0.15, 0.2) is 30.3 Å². The molecular weight excluding hydrogens is 244 g/mol. The molecule has 0 spiro atoms. The minimum absolute atomic E-state index is 0.686. The van der Waals surface area contributed by atoms with Crippen LogP contribution in [0, 0.1) is 0 Å². The maximum absolute atomic E-state index is 3.56. The minimum atomic E-state index is 0.686. The molecule has 1 atom stereocenters. The number of piperidine rings is 1. The number of hydrogen-bond acceptors (Lipinski definition) is 1. The Kier molecular flexibility index (Phi) is 5.66. The Morgan fingerprint density at radius 2 is 1.95 bits per heavy atom. The van der Waals surface area contributed by atoms with Crippen LogP contribution in [0.5, 0.6) is 0 Å². The molecule has 1 aromatic heterocycles. The van der Waals surface area contributed by atoms with Gasteiger partial charge in [0, 0.05) is 23.7 Å². The van der Waals surface area contributed by atoms with Gasteiger partial charge >= 0.3 is 0 Å². The van der Waals surface area contributed by atoms with Crippen molar-refractivity contribution in [1.82, 2.24) is 9.88 Å². The lowest BCUT2D eigenvalue weighted by Crippen LogP contribution is -2.30. The first-order valence-corrected chi connectivity index (χ1v) is 8.00. The summed E-state index contributed by atoms with van der Waals surface area (Å²) in [5.74, 6) is 0.686. The zero-order valence-corrected chi connectivity index (χ0v) is 13.2. The first-order chi connectivity index (χ1) is 9.74. The van der Waals surface area contributed by atoms with Crippen molar-refractivity contribution in [2.24, 2.45) is 0 Å². The number of hydrogen-bond donors (Lipinski definition) is 1. The van der Waals surface area contributed by atoms with E-state index in [4.69, 9.17) is 0 Å². The molecule has 0 bridgehead atoms. The Hall–Kier alpha value is -1.28. The van der Waals surface area contributed by atoms with Crippen molar-refractivity contribution in [2.45, 2.75) is 45.4 Å². The van der Waals surface area contributed by atoms with Gasteiger partial charge in [0.25, 0.3) is 0 Å². The van der Waals surface area contributed by atoms with Crippen LogP contribution in [-0.4, -0.2) is 30.0 Å². The third-order valence-corrected chi connectivity index (χ3v) is 4.12. The summed E-state index contributed by atoms with van der Waals surface area (Å²) in [6.45, 7) is 6.80. The van der Waals surface area contributed by atoms with Gasteiger partial charge in [0.05, 0.1) is 0 Å². The zero-order valence-electron chi connectivity index (χ0n) is 13.2. The van der Waals surface area contributed by atoms with Gasteiger partial charge in [0.1, 0.15) is 0 Å². The van der Waals surface area contributed by atoms with Gasteiger partial charge in [-0.25, -0.2) is 0 Å². The van der Waals surface area contributed by atoms with Gasteiger partial charge in [-0.2, -0.15) is 0 Å². The average Bonchev–Trinajstić information content (AvgIpc) is 2.91. The monoisotopic (exact) mass is 272 g/mol. The van der Waals surface area contributed by atoms with E-state index in [1.807, 2.05) is 0 Å². The van der Waals surface area contributed by atoms with Crippen molar-refractivity contribution in [2.75, 3.05) is 20.1 Å². The van der Waals surface area contributed by atoms with Crippen molar-refractivity contribution < 1.29 is 0 Å². The smallest absolute Gasteiger partial charge is 0.0456 e. The lowest BCUT2D eigenvalue weighted by molar-refractivity contribution is 0.249. The normalized spacial score (nSPS) is 19.6. The standard InChI is InChI=1S/C14H18N2.C4H10/c1-16-8-4-6-12(10-16)14-9-11-5-2-3-7-13(11)15-14;1-3-4-2/h2-3,5,7,9,12,15H,4,6,8,10H2,1H3;3-4H2,1-2H3. The largest absolute Gasteiger partial charge is 0.358 e. The Morgan fingerprint density at radius 1 is 1.20 bits per heavy atom. The van der Waals surface area contributed by atoms with Gasteiger partial charge in [-0.15, -0.1) is 0 Å². The summed E-state index contributed by atoms with van der Waals surface area (Å²) in [6.07, 6.45) is 5.27. The fourth-order valence-corrected chi connectivity index (χ4v) is 2.74. The number of nitrogens with one attached hydrogen (secondary N) is 1. The van der Waals surface area contributed by atoms with Gasteiger partial charge in [-0.05, 0) is 44.0 Å². The Morgan fingerprint density at radius 3 is 2.60 bits per heavy atom. The lowest BCUT2D eigenvalue weighted by Gasteiger charge is -2.29. The van der Waals surface area contributed by atoms with Gasteiger partial charge in [0.15, 0.2) is 0 Å². The lowest BCUT2D eigenvalue weighted by atomic mass is 9.95. The SMILES string of the molecule is CCCC.CN1CCCC(c2cc3ccccc3[nH]2)C1. The first-order valence-electron chi connectivity index (χ1n) is 8.00. The topological polar surface area (TPSA) is 19.0 Å². The average molecular weight is 272 g/mol. The van der Waals surface area contributed by atoms with E-state index >= 15 is 0 Å². The summed E-state index contributed by atoms with van der Waals surface area (Å²) in [7, 11) is 2.22. The van der Waals surface area contributed by atoms with Crippen molar-refractivity contribution >= 4 is 10.9 Å². The van der Waals surface area contributed by atoms with Gasteiger partial charge in [-0.3, -0.25) is 0 Å². The molecule has 2 heteroatoms. The third-order valence-electron chi connectivity index (χ3n) is 4.12. The summed E-state index contributed by atoms with van der Waals surface area (Å²) >= 11 is 0. The van der Waals surface area contributed by atoms with E-state index in [9.17, 15) is 0 Å². The number of benzene rings is 1. The van der Waals surface area contributed by atoms with Crippen LogP contribution in [0.3, 0.4) is 0 Å². The number of rotatable bonds is 2. The fourth-order valence-electron chi connectivity index (χ4n) is 2.74. The number of aromatic amines is 1. The second kappa shape index (κ2) is 7.49. The number of likely N-dealkylation sites (tertiary alicyclic amines) is 1. The molecule has 2 heterocycles. The summed E-state index contributed by atoms with van der Waals surface area (Å²) in [5.41, 5.74) is 2.68. The second-order valence-corrected chi connectivity index (χ2v) is 5.91. The predicted octanol–water partition coefficient (Wildman–Crippen LogP) is 4.78. The van der Waals surface area contributed by atoms with Crippen LogP contribution >= 0.6 is 0 Å². The predicted molar refractivity (Wildman–Crippen MR) is 88.4 cm³/mol. The molecule has 1 N–H and O–H groups in total. The van der Waals surface area contributed by atoms with E-state index < -0.39 is 0 Å². The van der Waals surface area contributed by atoms with Crippen LogP contribution < -0.4 is 0 Å². The number of aromatic nitrogens is 1. The van der Waals surface area contributed by atoms with E-state index in [0.29, 0.717) is 5.92 Å². The highest BCUT2D eigenvalue weighted by Gasteiger charge is 2.20. The number of para-hydroxylation sites is 1.